The second-order valence-electron chi connectivity index (χ2n) is 9.64. The lowest BCUT2D eigenvalue weighted by Gasteiger charge is -2.29. The van der Waals surface area contributed by atoms with Crippen LogP contribution in [0.15, 0.2) is 30.3 Å². The van der Waals surface area contributed by atoms with E-state index in [1.807, 2.05) is 30.3 Å². The van der Waals surface area contributed by atoms with Gasteiger partial charge in [0, 0.05) is 6.54 Å². The molecule has 0 spiro atoms. The highest BCUT2D eigenvalue weighted by atomic mass is 16.5. The molecule has 1 aromatic rings. The van der Waals surface area contributed by atoms with Gasteiger partial charge in [0.25, 0.3) is 0 Å². The van der Waals surface area contributed by atoms with Crippen LogP contribution >= 0.6 is 0 Å². The molecule has 0 unspecified atom stereocenters. The Bertz CT molecular complexity index is 952. The third-order valence-corrected chi connectivity index (χ3v) is 6.14. The molecule has 0 saturated carbocycles. The van der Waals surface area contributed by atoms with Crippen molar-refractivity contribution in [3.05, 3.63) is 35.9 Å². The summed E-state index contributed by atoms with van der Waals surface area (Å²) in [5.74, 6) is -2.46. The van der Waals surface area contributed by atoms with Crippen LogP contribution in [0.1, 0.15) is 46.1 Å². The number of alkyl carbamates (subject to hydrolysis) is 1. The van der Waals surface area contributed by atoms with Crippen LogP contribution < -0.4 is 16.0 Å². The number of nitrogens with one attached hydrogen (secondary N) is 3. The Labute approximate surface area is 217 Å². The van der Waals surface area contributed by atoms with E-state index >= 15 is 0 Å². The van der Waals surface area contributed by atoms with Gasteiger partial charge in [-0.1, -0.05) is 58.0 Å². The Hall–Kier alpha value is -3.63. The minimum atomic E-state index is -0.915. The summed E-state index contributed by atoms with van der Waals surface area (Å²) in [6.07, 6.45) is 0.303. The minimum absolute atomic E-state index is 0.0713. The van der Waals surface area contributed by atoms with E-state index in [0.717, 1.165) is 5.56 Å². The fraction of sp³-hybridized carbons (Fsp3) is 0.577. The largest absolute Gasteiger partial charge is 0.467 e. The molecule has 11 heteroatoms. The Morgan fingerprint density at radius 2 is 1.62 bits per heavy atom. The molecular weight excluding hydrogens is 480 g/mol. The van der Waals surface area contributed by atoms with Crippen LogP contribution in [0, 0.1) is 11.8 Å². The number of hydrogen-bond acceptors (Lipinski definition) is 7. The summed E-state index contributed by atoms with van der Waals surface area (Å²) >= 11 is 0. The van der Waals surface area contributed by atoms with Crippen molar-refractivity contribution in [3.63, 3.8) is 0 Å². The Kier molecular flexibility index (Phi) is 11.4. The monoisotopic (exact) mass is 518 g/mol. The number of hydrogen-bond donors (Lipinski definition) is 3. The zero-order valence-electron chi connectivity index (χ0n) is 22.1. The first kappa shape index (κ1) is 29.6. The van der Waals surface area contributed by atoms with Gasteiger partial charge in [0.2, 0.25) is 17.7 Å². The van der Waals surface area contributed by atoms with Crippen molar-refractivity contribution >= 4 is 29.8 Å². The highest BCUT2D eigenvalue weighted by Gasteiger charge is 2.37. The molecule has 37 heavy (non-hydrogen) atoms. The minimum Gasteiger partial charge on any atom is -0.467 e. The van der Waals surface area contributed by atoms with Crippen molar-refractivity contribution in [2.45, 2.75) is 65.3 Å². The molecule has 1 aliphatic rings. The van der Waals surface area contributed by atoms with Gasteiger partial charge in [-0.05, 0) is 30.2 Å². The molecule has 1 heterocycles. The van der Waals surface area contributed by atoms with Crippen molar-refractivity contribution in [1.29, 1.82) is 0 Å². The molecule has 11 nitrogen and oxygen atoms in total. The highest BCUT2D eigenvalue weighted by Crippen LogP contribution is 2.18. The van der Waals surface area contributed by atoms with Crippen LogP contribution in [0.4, 0.5) is 4.79 Å². The average molecular weight is 519 g/mol. The fourth-order valence-corrected chi connectivity index (χ4v) is 4.01. The van der Waals surface area contributed by atoms with Crippen molar-refractivity contribution in [2.24, 2.45) is 11.8 Å². The number of likely N-dealkylation sites (tertiary alicyclic amines) is 1. The number of methoxy groups -OCH3 is 1. The number of esters is 1. The number of ether oxygens (including phenoxy) is 2. The van der Waals surface area contributed by atoms with E-state index in [-0.39, 0.29) is 25.0 Å². The summed E-state index contributed by atoms with van der Waals surface area (Å²) in [5, 5.41) is 7.83. The predicted octanol–water partition coefficient (Wildman–Crippen LogP) is 1.36. The SMILES string of the molecule is COC(=O)[C@@H](NC(=O)[C@@H](NC(=O)[C@@H]1CCCN1C(=O)CNC(=O)OCc1ccccc1)C(C)C)C(C)C. The van der Waals surface area contributed by atoms with E-state index in [2.05, 4.69) is 16.0 Å². The molecule has 0 radical (unpaired) electrons. The van der Waals surface area contributed by atoms with Crippen LogP contribution in [0.3, 0.4) is 0 Å². The lowest BCUT2D eigenvalue weighted by molar-refractivity contribution is -0.147. The first-order valence-electron chi connectivity index (χ1n) is 12.5. The molecule has 0 aliphatic carbocycles. The molecule has 1 fully saturated rings. The van der Waals surface area contributed by atoms with E-state index in [4.69, 9.17) is 9.47 Å². The third-order valence-electron chi connectivity index (χ3n) is 6.14. The average Bonchev–Trinajstić information content (AvgIpc) is 3.37. The molecule has 4 amide bonds. The summed E-state index contributed by atoms with van der Waals surface area (Å²) in [7, 11) is 1.25. The van der Waals surface area contributed by atoms with Crippen molar-refractivity contribution in [1.82, 2.24) is 20.9 Å². The van der Waals surface area contributed by atoms with Gasteiger partial charge < -0.3 is 30.3 Å². The first-order chi connectivity index (χ1) is 17.5. The van der Waals surface area contributed by atoms with Gasteiger partial charge >= 0.3 is 12.1 Å². The van der Waals surface area contributed by atoms with E-state index in [1.54, 1.807) is 27.7 Å². The Morgan fingerprint density at radius 3 is 2.22 bits per heavy atom. The number of carbonyl (C=O) groups is 5. The lowest BCUT2D eigenvalue weighted by Crippen LogP contribution is -2.58. The van der Waals surface area contributed by atoms with Crippen LogP contribution in [0.5, 0.6) is 0 Å². The van der Waals surface area contributed by atoms with Gasteiger partial charge in [-0.2, -0.15) is 0 Å². The summed E-state index contributed by atoms with van der Waals surface area (Å²) in [5.41, 5.74) is 0.815. The number of benzene rings is 1. The quantitative estimate of drug-likeness (QED) is 0.375. The van der Waals surface area contributed by atoms with Gasteiger partial charge in [0.1, 0.15) is 31.3 Å². The maximum absolute atomic E-state index is 13.1. The molecule has 3 N–H and O–H groups in total. The maximum Gasteiger partial charge on any atom is 0.407 e. The Balaban J connectivity index is 1.93. The molecule has 0 aromatic heterocycles. The molecule has 1 aromatic carbocycles. The van der Waals surface area contributed by atoms with E-state index in [1.165, 1.54) is 12.0 Å². The van der Waals surface area contributed by atoms with Gasteiger partial charge in [-0.25, -0.2) is 9.59 Å². The molecule has 1 saturated heterocycles. The van der Waals surface area contributed by atoms with Crippen molar-refractivity contribution < 1.29 is 33.4 Å². The zero-order valence-corrected chi connectivity index (χ0v) is 22.1. The van der Waals surface area contributed by atoms with E-state index < -0.39 is 47.9 Å². The van der Waals surface area contributed by atoms with Crippen LogP contribution in [0.2, 0.25) is 0 Å². The maximum atomic E-state index is 13.1. The molecule has 0 bridgehead atoms. The predicted molar refractivity (Wildman–Crippen MR) is 135 cm³/mol. The van der Waals surface area contributed by atoms with Crippen molar-refractivity contribution in [2.75, 3.05) is 20.2 Å². The molecular formula is C26H38N4O7. The van der Waals surface area contributed by atoms with Gasteiger partial charge in [-0.15, -0.1) is 0 Å². The number of rotatable bonds is 11. The summed E-state index contributed by atoms with van der Waals surface area (Å²) in [4.78, 5) is 64.2. The smallest absolute Gasteiger partial charge is 0.407 e. The Morgan fingerprint density at radius 1 is 0.973 bits per heavy atom. The highest BCUT2D eigenvalue weighted by molar-refractivity contribution is 5.94. The van der Waals surface area contributed by atoms with E-state index in [9.17, 15) is 24.0 Å². The van der Waals surface area contributed by atoms with E-state index in [0.29, 0.717) is 19.4 Å². The standard InChI is InChI=1S/C26H38N4O7/c1-16(2)21(24(33)29-22(17(3)4)25(34)36-5)28-23(32)19-12-9-13-30(19)20(31)14-27-26(35)37-15-18-10-7-6-8-11-18/h6-8,10-11,16-17,19,21-22H,9,12-15H2,1-5H3,(H,27,35)(H,28,32)(H,29,33)/t19-,21-,22-/m0/s1. The van der Waals surface area contributed by atoms with Gasteiger partial charge in [0.15, 0.2) is 0 Å². The zero-order chi connectivity index (χ0) is 27.5. The third kappa shape index (κ3) is 8.76. The van der Waals surface area contributed by atoms with Gasteiger partial charge in [-0.3, -0.25) is 14.4 Å². The second-order valence-corrected chi connectivity index (χ2v) is 9.64. The number of carbonyl (C=O) groups excluding carboxylic acids is 5. The molecule has 2 rings (SSSR count). The molecule has 1 aliphatic heterocycles. The summed E-state index contributed by atoms with van der Waals surface area (Å²) in [6, 6.07) is 6.59. The second kappa shape index (κ2) is 14.2. The molecule has 3 atom stereocenters. The number of amides is 4. The normalized spacial score (nSPS) is 16.6. The molecule has 204 valence electrons. The fourth-order valence-electron chi connectivity index (χ4n) is 4.01. The van der Waals surface area contributed by atoms with Crippen molar-refractivity contribution in [3.8, 4) is 0 Å². The topological polar surface area (TPSA) is 143 Å². The van der Waals surface area contributed by atoms with Gasteiger partial charge in [0.05, 0.1) is 7.11 Å². The number of nitrogens with zero attached hydrogens (tertiary/aromatic N) is 1. The van der Waals surface area contributed by atoms with Crippen LogP contribution in [-0.4, -0.2) is 73.0 Å². The summed E-state index contributed by atoms with van der Waals surface area (Å²) in [6.45, 7) is 7.21. The lowest BCUT2D eigenvalue weighted by atomic mass is 9.99. The first-order valence-corrected chi connectivity index (χ1v) is 12.5. The van der Waals surface area contributed by atoms with Crippen LogP contribution in [-0.2, 0) is 35.3 Å². The van der Waals surface area contributed by atoms with Crippen LogP contribution in [0.25, 0.3) is 0 Å². The summed E-state index contributed by atoms with van der Waals surface area (Å²) < 4.78 is 9.89.